The minimum absolute atomic E-state index is 0.0774. The standard InChI is InChI=1S/C13H16F4/c1-5-4-8-9-6-2-3-7(12(6,14)15)10(9)11(5)13(8,16)17/h5-11H,2-4H2,1H3. The van der Waals surface area contributed by atoms with Crippen LogP contribution in [0.15, 0.2) is 0 Å². The average Bonchev–Trinajstić information content (AvgIpc) is 2.79. The maximum Gasteiger partial charge on any atom is 0.254 e. The molecule has 4 aliphatic carbocycles. The van der Waals surface area contributed by atoms with E-state index < -0.39 is 41.4 Å². The van der Waals surface area contributed by atoms with Crippen molar-refractivity contribution < 1.29 is 17.6 Å². The van der Waals surface area contributed by atoms with Gasteiger partial charge >= 0.3 is 0 Å². The second-order valence-corrected chi connectivity index (χ2v) is 6.64. The number of fused-ring (bicyclic) bond motifs is 9. The predicted molar refractivity (Wildman–Crippen MR) is 53.8 cm³/mol. The van der Waals surface area contributed by atoms with Crippen LogP contribution in [0.1, 0.15) is 26.2 Å². The van der Waals surface area contributed by atoms with Gasteiger partial charge in [-0.25, -0.2) is 17.6 Å². The highest BCUT2D eigenvalue weighted by molar-refractivity contribution is 5.21. The molecule has 4 saturated carbocycles. The Hall–Kier alpha value is -0.280. The summed E-state index contributed by atoms with van der Waals surface area (Å²) < 4.78 is 56.3. The topological polar surface area (TPSA) is 0 Å². The Morgan fingerprint density at radius 1 is 0.824 bits per heavy atom. The fourth-order valence-electron chi connectivity index (χ4n) is 5.87. The lowest BCUT2D eigenvalue weighted by Crippen LogP contribution is -2.34. The second-order valence-electron chi connectivity index (χ2n) is 6.64. The first-order valence-corrected chi connectivity index (χ1v) is 6.62. The monoisotopic (exact) mass is 248 g/mol. The van der Waals surface area contributed by atoms with Crippen LogP contribution in [0.2, 0.25) is 0 Å². The molecule has 0 aromatic carbocycles. The maximum absolute atomic E-state index is 14.1. The minimum atomic E-state index is -2.67. The van der Waals surface area contributed by atoms with Crippen LogP contribution in [0, 0.1) is 41.4 Å². The molecule has 7 atom stereocenters. The lowest BCUT2D eigenvalue weighted by atomic mass is 9.68. The average molecular weight is 248 g/mol. The van der Waals surface area contributed by atoms with Gasteiger partial charge in [0.1, 0.15) is 0 Å². The van der Waals surface area contributed by atoms with Crippen molar-refractivity contribution in [2.24, 2.45) is 41.4 Å². The van der Waals surface area contributed by atoms with E-state index in [4.69, 9.17) is 0 Å². The third-order valence-corrected chi connectivity index (χ3v) is 6.21. The Kier molecular flexibility index (Phi) is 1.67. The van der Waals surface area contributed by atoms with Crippen LogP contribution in [-0.4, -0.2) is 11.8 Å². The molecule has 0 saturated heterocycles. The molecule has 96 valence electrons. The van der Waals surface area contributed by atoms with Crippen molar-refractivity contribution in [1.82, 2.24) is 0 Å². The zero-order valence-electron chi connectivity index (χ0n) is 9.67. The minimum Gasteiger partial charge on any atom is -0.206 e. The molecular formula is C13H16F4. The number of hydrogen-bond acceptors (Lipinski definition) is 0. The number of alkyl halides is 4. The molecule has 7 unspecified atom stereocenters. The fraction of sp³-hybridized carbons (Fsp3) is 1.00. The molecule has 0 amide bonds. The maximum atomic E-state index is 14.1. The van der Waals surface area contributed by atoms with Gasteiger partial charge < -0.3 is 0 Å². The van der Waals surface area contributed by atoms with Crippen LogP contribution in [0.4, 0.5) is 17.6 Å². The Bertz CT molecular complexity index is 378. The van der Waals surface area contributed by atoms with E-state index in [1.54, 1.807) is 0 Å². The summed E-state index contributed by atoms with van der Waals surface area (Å²) in [6.45, 7) is 1.82. The summed E-state index contributed by atoms with van der Waals surface area (Å²) in [6.07, 6.45) is 1.38. The summed E-state index contributed by atoms with van der Waals surface area (Å²) in [5, 5.41) is 0. The van der Waals surface area contributed by atoms with E-state index in [-0.39, 0.29) is 11.8 Å². The van der Waals surface area contributed by atoms with E-state index in [1.807, 2.05) is 6.92 Å². The molecule has 0 N–H and O–H groups in total. The summed E-state index contributed by atoms with van der Waals surface area (Å²) in [4.78, 5) is 0. The van der Waals surface area contributed by atoms with Crippen molar-refractivity contribution in [1.29, 1.82) is 0 Å². The van der Waals surface area contributed by atoms with E-state index in [2.05, 4.69) is 0 Å². The highest BCUT2D eigenvalue weighted by Gasteiger charge is 2.80. The zero-order valence-corrected chi connectivity index (χ0v) is 9.67. The molecule has 17 heavy (non-hydrogen) atoms. The lowest BCUT2D eigenvalue weighted by Gasteiger charge is -2.34. The molecule has 0 heterocycles. The molecule has 4 heteroatoms. The highest BCUT2D eigenvalue weighted by atomic mass is 19.3. The van der Waals surface area contributed by atoms with Crippen molar-refractivity contribution in [2.45, 2.75) is 38.0 Å². The van der Waals surface area contributed by atoms with Gasteiger partial charge in [-0.15, -0.1) is 0 Å². The van der Waals surface area contributed by atoms with Gasteiger partial charge in [0.05, 0.1) is 0 Å². The van der Waals surface area contributed by atoms with Gasteiger partial charge in [-0.3, -0.25) is 0 Å². The third kappa shape index (κ3) is 0.920. The summed E-state index contributed by atoms with van der Waals surface area (Å²) >= 11 is 0. The second kappa shape index (κ2) is 2.67. The first-order valence-electron chi connectivity index (χ1n) is 6.62. The molecule has 4 aliphatic rings. The van der Waals surface area contributed by atoms with E-state index in [9.17, 15) is 17.6 Å². The Morgan fingerprint density at radius 2 is 1.41 bits per heavy atom. The van der Waals surface area contributed by atoms with Gasteiger partial charge in [-0.05, 0) is 37.0 Å². The first-order chi connectivity index (χ1) is 7.87. The molecule has 0 aromatic rings. The highest BCUT2D eigenvalue weighted by Crippen LogP contribution is 2.76. The summed E-state index contributed by atoms with van der Waals surface area (Å²) in [5.74, 6) is -9.21. The van der Waals surface area contributed by atoms with Crippen LogP contribution in [0.5, 0.6) is 0 Å². The van der Waals surface area contributed by atoms with E-state index in [0.717, 1.165) is 0 Å². The van der Waals surface area contributed by atoms with Crippen LogP contribution >= 0.6 is 0 Å². The van der Waals surface area contributed by atoms with Crippen LogP contribution in [0.25, 0.3) is 0 Å². The van der Waals surface area contributed by atoms with Gasteiger partial charge in [0.25, 0.3) is 11.8 Å². The van der Waals surface area contributed by atoms with Crippen molar-refractivity contribution in [3.63, 3.8) is 0 Å². The fourth-order valence-corrected chi connectivity index (χ4v) is 5.87. The van der Waals surface area contributed by atoms with E-state index in [0.29, 0.717) is 19.3 Å². The molecule has 0 spiro atoms. The quantitative estimate of drug-likeness (QED) is 0.451. The molecule has 0 radical (unpaired) electrons. The Balaban J connectivity index is 1.82. The smallest absolute Gasteiger partial charge is 0.206 e. The van der Waals surface area contributed by atoms with Gasteiger partial charge in [0, 0.05) is 23.7 Å². The summed E-state index contributed by atoms with van der Waals surface area (Å²) in [5.41, 5.74) is 0. The molecule has 4 bridgehead atoms. The molecule has 0 aliphatic heterocycles. The zero-order chi connectivity index (χ0) is 12.2. The number of halogens is 4. The largest absolute Gasteiger partial charge is 0.254 e. The Morgan fingerprint density at radius 3 is 2.06 bits per heavy atom. The van der Waals surface area contributed by atoms with E-state index in [1.165, 1.54) is 0 Å². The molecule has 4 rings (SSSR count). The lowest BCUT2D eigenvalue weighted by molar-refractivity contribution is -0.103. The first kappa shape index (κ1) is 10.6. The molecule has 0 nitrogen and oxygen atoms in total. The van der Waals surface area contributed by atoms with Crippen molar-refractivity contribution >= 4 is 0 Å². The van der Waals surface area contributed by atoms with Crippen molar-refractivity contribution in [3.05, 3.63) is 0 Å². The SMILES string of the molecule is CC1CC2C3C(C4CCC3C4(F)F)C1C2(F)F. The third-order valence-electron chi connectivity index (χ3n) is 6.21. The van der Waals surface area contributed by atoms with Crippen molar-refractivity contribution in [3.8, 4) is 0 Å². The van der Waals surface area contributed by atoms with Crippen molar-refractivity contribution in [2.75, 3.05) is 0 Å². The summed E-state index contributed by atoms with van der Waals surface area (Å²) in [7, 11) is 0. The molecular weight excluding hydrogens is 232 g/mol. The van der Waals surface area contributed by atoms with Crippen LogP contribution in [0.3, 0.4) is 0 Å². The summed E-state index contributed by atoms with van der Waals surface area (Å²) in [6, 6.07) is 0. The normalized spacial score (nSPS) is 60.9. The van der Waals surface area contributed by atoms with Crippen LogP contribution in [-0.2, 0) is 0 Å². The van der Waals surface area contributed by atoms with Gasteiger partial charge in [0.15, 0.2) is 0 Å². The number of hydrogen-bond donors (Lipinski definition) is 0. The van der Waals surface area contributed by atoms with Gasteiger partial charge in [-0.1, -0.05) is 6.92 Å². The number of rotatable bonds is 0. The van der Waals surface area contributed by atoms with Gasteiger partial charge in [-0.2, -0.15) is 0 Å². The van der Waals surface area contributed by atoms with Gasteiger partial charge in [0.2, 0.25) is 0 Å². The molecule has 4 fully saturated rings. The van der Waals surface area contributed by atoms with Crippen LogP contribution < -0.4 is 0 Å². The van der Waals surface area contributed by atoms with E-state index >= 15 is 0 Å². The Labute approximate surface area is 97.8 Å². The molecule has 0 aromatic heterocycles. The predicted octanol–water partition coefficient (Wildman–Crippen LogP) is 3.82.